The third kappa shape index (κ3) is 3.87. The highest BCUT2D eigenvalue weighted by Gasteiger charge is 1.96. The van der Waals surface area contributed by atoms with E-state index in [1.165, 1.54) is 0 Å². The van der Waals surface area contributed by atoms with E-state index in [-0.39, 0.29) is 0 Å². The summed E-state index contributed by atoms with van der Waals surface area (Å²) in [6.45, 7) is 0. The number of hydrogen-bond acceptors (Lipinski definition) is 4. The lowest BCUT2D eigenvalue weighted by atomic mass is 10.4. The van der Waals surface area contributed by atoms with Gasteiger partial charge in [0, 0.05) is 23.9 Å². The Bertz CT molecular complexity index is 364. The Kier molecular flexibility index (Phi) is 4.70. The average molecular weight is 248 g/mol. The maximum atomic E-state index is 4.27. The molecule has 0 amide bonds. The van der Waals surface area contributed by atoms with Crippen molar-refractivity contribution >= 4 is 21.6 Å². The molecular formula is C12H12N2S2. The molecule has 0 atom stereocenters. The third-order valence-corrected chi connectivity index (χ3v) is 4.15. The van der Waals surface area contributed by atoms with Crippen molar-refractivity contribution in [2.45, 2.75) is 11.5 Å². The van der Waals surface area contributed by atoms with Gasteiger partial charge in [0.05, 0.1) is 11.4 Å². The first-order valence-corrected chi connectivity index (χ1v) is 7.48. The average Bonchev–Trinajstić information content (AvgIpc) is 2.37. The maximum Gasteiger partial charge on any atom is 0.0511 e. The van der Waals surface area contributed by atoms with Crippen LogP contribution in [0, 0.1) is 0 Å². The number of rotatable bonds is 5. The predicted molar refractivity (Wildman–Crippen MR) is 71.1 cm³/mol. The fraction of sp³-hybridized carbons (Fsp3) is 0.167. The number of hydrogen-bond donors (Lipinski definition) is 0. The highest BCUT2D eigenvalue weighted by atomic mass is 33.1. The van der Waals surface area contributed by atoms with E-state index in [2.05, 4.69) is 9.97 Å². The van der Waals surface area contributed by atoms with E-state index in [0.717, 1.165) is 22.9 Å². The Morgan fingerprint density at radius 3 is 1.62 bits per heavy atom. The van der Waals surface area contributed by atoms with E-state index in [4.69, 9.17) is 0 Å². The summed E-state index contributed by atoms with van der Waals surface area (Å²) in [4.78, 5) is 8.55. The van der Waals surface area contributed by atoms with Crippen LogP contribution in [0.15, 0.2) is 48.8 Å². The van der Waals surface area contributed by atoms with Crippen LogP contribution in [0.5, 0.6) is 0 Å². The summed E-state index contributed by atoms with van der Waals surface area (Å²) >= 11 is 0. The van der Waals surface area contributed by atoms with Gasteiger partial charge in [-0.25, -0.2) is 0 Å². The first-order chi connectivity index (χ1) is 7.95. The van der Waals surface area contributed by atoms with Crippen LogP contribution in [0.25, 0.3) is 0 Å². The van der Waals surface area contributed by atoms with Crippen molar-refractivity contribution in [3.8, 4) is 0 Å². The van der Waals surface area contributed by atoms with Gasteiger partial charge < -0.3 is 0 Å². The summed E-state index contributed by atoms with van der Waals surface area (Å²) in [5.74, 6) is 1.89. The molecule has 16 heavy (non-hydrogen) atoms. The predicted octanol–water partition coefficient (Wildman–Crippen LogP) is 3.56. The second-order valence-corrected chi connectivity index (χ2v) is 5.63. The first-order valence-electron chi connectivity index (χ1n) is 4.99. The Hall–Kier alpha value is -1.00. The highest BCUT2D eigenvalue weighted by molar-refractivity contribution is 8.76. The molecule has 0 aliphatic rings. The van der Waals surface area contributed by atoms with Gasteiger partial charge in [-0.1, -0.05) is 33.7 Å². The van der Waals surface area contributed by atoms with Crippen molar-refractivity contribution in [3.63, 3.8) is 0 Å². The zero-order valence-corrected chi connectivity index (χ0v) is 10.4. The molecule has 4 heteroatoms. The van der Waals surface area contributed by atoms with Crippen LogP contribution < -0.4 is 0 Å². The normalized spacial score (nSPS) is 10.2. The molecule has 82 valence electrons. The van der Waals surface area contributed by atoms with Gasteiger partial charge in [0.25, 0.3) is 0 Å². The zero-order chi connectivity index (χ0) is 11.1. The topological polar surface area (TPSA) is 25.8 Å². The van der Waals surface area contributed by atoms with Crippen LogP contribution in [-0.4, -0.2) is 9.97 Å². The van der Waals surface area contributed by atoms with Gasteiger partial charge in [-0.05, 0) is 24.3 Å². The van der Waals surface area contributed by atoms with Crippen molar-refractivity contribution in [1.82, 2.24) is 9.97 Å². The summed E-state index contributed by atoms with van der Waals surface area (Å²) in [6, 6.07) is 12.0. The fourth-order valence-electron chi connectivity index (χ4n) is 1.17. The van der Waals surface area contributed by atoms with Gasteiger partial charge in [-0.2, -0.15) is 0 Å². The third-order valence-electron chi connectivity index (χ3n) is 1.95. The molecule has 0 saturated heterocycles. The van der Waals surface area contributed by atoms with Crippen LogP contribution in [0.4, 0.5) is 0 Å². The van der Waals surface area contributed by atoms with E-state index in [9.17, 15) is 0 Å². The molecule has 0 unspecified atom stereocenters. The van der Waals surface area contributed by atoms with Crippen molar-refractivity contribution < 1.29 is 0 Å². The molecule has 0 aromatic carbocycles. The Labute approximate surface area is 103 Å². The highest BCUT2D eigenvalue weighted by Crippen LogP contribution is 2.27. The lowest BCUT2D eigenvalue weighted by Gasteiger charge is -2.00. The molecule has 2 aromatic rings. The zero-order valence-electron chi connectivity index (χ0n) is 8.74. The molecular weight excluding hydrogens is 236 g/mol. The van der Waals surface area contributed by atoms with Gasteiger partial charge in [0.15, 0.2) is 0 Å². The van der Waals surface area contributed by atoms with Crippen LogP contribution in [0.1, 0.15) is 11.4 Å². The van der Waals surface area contributed by atoms with Crippen LogP contribution in [0.2, 0.25) is 0 Å². The van der Waals surface area contributed by atoms with Gasteiger partial charge >= 0.3 is 0 Å². The summed E-state index contributed by atoms with van der Waals surface area (Å²) < 4.78 is 0. The summed E-state index contributed by atoms with van der Waals surface area (Å²) in [6.07, 6.45) is 3.67. The van der Waals surface area contributed by atoms with Gasteiger partial charge in [-0.15, -0.1) is 0 Å². The van der Waals surface area contributed by atoms with E-state index in [1.807, 2.05) is 70.4 Å². The molecule has 2 heterocycles. The quantitative estimate of drug-likeness (QED) is 0.597. The molecule has 0 aliphatic heterocycles. The smallest absolute Gasteiger partial charge is 0.0511 e. The minimum absolute atomic E-state index is 0.943. The fourth-order valence-corrected chi connectivity index (χ4v) is 3.15. The van der Waals surface area contributed by atoms with Crippen molar-refractivity contribution in [2.75, 3.05) is 0 Å². The minimum Gasteiger partial charge on any atom is -0.260 e. The lowest BCUT2D eigenvalue weighted by Crippen LogP contribution is -1.84. The van der Waals surface area contributed by atoms with Crippen molar-refractivity contribution in [1.29, 1.82) is 0 Å². The molecule has 0 saturated carbocycles. The molecule has 0 bridgehead atoms. The standard InChI is InChI=1S/C12H12N2S2/c1-3-7-13-11(5-1)9-15-16-10-12-6-2-4-8-14-12/h1-8H,9-10H2. The molecule has 2 nitrogen and oxygen atoms in total. The second-order valence-electron chi connectivity index (χ2n) is 3.17. The number of pyridine rings is 2. The molecule has 0 spiro atoms. The van der Waals surface area contributed by atoms with Crippen LogP contribution >= 0.6 is 21.6 Å². The molecule has 0 N–H and O–H groups in total. The molecule has 2 aromatic heterocycles. The monoisotopic (exact) mass is 248 g/mol. The Morgan fingerprint density at radius 1 is 0.750 bits per heavy atom. The molecule has 0 aliphatic carbocycles. The van der Waals surface area contributed by atoms with Gasteiger partial charge in [0.1, 0.15) is 0 Å². The summed E-state index contributed by atoms with van der Waals surface area (Å²) in [7, 11) is 3.63. The van der Waals surface area contributed by atoms with E-state index < -0.39 is 0 Å². The first kappa shape index (κ1) is 11.5. The van der Waals surface area contributed by atoms with Gasteiger partial charge in [0.2, 0.25) is 0 Å². The van der Waals surface area contributed by atoms with E-state index in [0.29, 0.717) is 0 Å². The number of nitrogens with zero attached hydrogens (tertiary/aromatic N) is 2. The Morgan fingerprint density at radius 2 is 1.25 bits per heavy atom. The lowest BCUT2D eigenvalue weighted by molar-refractivity contribution is 1.18. The Balaban J connectivity index is 1.70. The van der Waals surface area contributed by atoms with Crippen molar-refractivity contribution in [3.05, 3.63) is 60.2 Å². The van der Waals surface area contributed by atoms with Crippen LogP contribution in [-0.2, 0) is 11.5 Å². The van der Waals surface area contributed by atoms with Crippen LogP contribution in [0.3, 0.4) is 0 Å². The second kappa shape index (κ2) is 6.55. The van der Waals surface area contributed by atoms with E-state index >= 15 is 0 Å². The van der Waals surface area contributed by atoms with Gasteiger partial charge in [-0.3, -0.25) is 9.97 Å². The maximum absolute atomic E-state index is 4.27. The molecule has 2 rings (SSSR count). The minimum atomic E-state index is 0.943. The SMILES string of the molecule is c1ccc(CSSCc2ccccn2)nc1. The summed E-state index contributed by atoms with van der Waals surface area (Å²) in [5.41, 5.74) is 2.25. The number of aromatic nitrogens is 2. The van der Waals surface area contributed by atoms with Crippen molar-refractivity contribution in [2.24, 2.45) is 0 Å². The molecule has 0 radical (unpaired) electrons. The largest absolute Gasteiger partial charge is 0.260 e. The summed E-state index contributed by atoms with van der Waals surface area (Å²) in [5, 5.41) is 0. The van der Waals surface area contributed by atoms with E-state index in [1.54, 1.807) is 0 Å². The molecule has 0 fully saturated rings.